The number of halogens is 3. The van der Waals surface area contributed by atoms with Crippen LogP contribution in [0.5, 0.6) is 0 Å². The molecule has 1 saturated heterocycles. The van der Waals surface area contributed by atoms with Crippen LogP contribution in [0.4, 0.5) is 13.2 Å². The van der Waals surface area contributed by atoms with Crippen LogP contribution in [0.25, 0.3) is 0 Å². The first-order chi connectivity index (χ1) is 7.81. The molecule has 0 radical (unpaired) electrons. The van der Waals surface area contributed by atoms with Crippen LogP contribution in [0.3, 0.4) is 0 Å². The van der Waals surface area contributed by atoms with E-state index in [1.807, 2.05) is 12.2 Å². The zero-order valence-electron chi connectivity index (χ0n) is 9.69. The van der Waals surface area contributed by atoms with Gasteiger partial charge >= 0.3 is 6.18 Å². The van der Waals surface area contributed by atoms with Crippen molar-refractivity contribution in [1.29, 1.82) is 0 Å². The summed E-state index contributed by atoms with van der Waals surface area (Å²) < 4.78 is 40.8. The molecule has 0 spiro atoms. The lowest BCUT2D eigenvalue weighted by Gasteiger charge is -2.23. The molecule has 0 aromatic heterocycles. The Balaban J connectivity index is 2.13. The summed E-state index contributed by atoms with van der Waals surface area (Å²) in [6.45, 7) is 1.38. The minimum atomic E-state index is -4.29. The minimum Gasteiger partial charge on any atom is -0.373 e. The number of carbonyl (C=O) groups is 1. The molecule has 0 bridgehead atoms. The van der Waals surface area contributed by atoms with E-state index in [1.54, 1.807) is 0 Å². The summed E-state index contributed by atoms with van der Waals surface area (Å²) in [4.78, 5) is 11.2. The lowest BCUT2D eigenvalue weighted by molar-refractivity contribution is -0.129. The molecule has 2 N–H and O–H groups in total. The summed E-state index contributed by atoms with van der Waals surface area (Å²) in [7, 11) is 0. The highest BCUT2D eigenvalue weighted by Gasteiger charge is 2.30. The molecule has 0 aromatic rings. The molecular formula is C10H17F3N2O2. The van der Waals surface area contributed by atoms with Gasteiger partial charge in [0.05, 0.1) is 18.7 Å². The summed E-state index contributed by atoms with van der Waals surface area (Å²) in [5.41, 5.74) is -0.375. The summed E-state index contributed by atoms with van der Waals surface area (Å²) in [6.07, 6.45) is -2.50. The number of hydrogen-bond donors (Lipinski definition) is 2. The Kier molecular flexibility index (Phi) is 4.76. The quantitative estimate of drug-likeness (QED) is 0.764. The zero-order chi connectivity index (χ0) is 12.9. The van der Waals surface area contributed by atoms with E-state index in [9.17, 15) is 18.0 Å². The normalized spacial score (nSPS) is 24.9. The second kappa shape index (κ2) is 5.68. The smallest absolute Gasteiger partial charge is 0.373 e. The topological polar surface area (TPSA) is 50.4 Å². The molecule has 1 fully saturated rings. The van der Waals surface area contributed by atoms with E-state index in [4.69, 9.17) is 4.74 Å². The van der Waals surface area contributed by atoms with Crippen molar-refractivity contribution in [1.82, 2.24) is 10.6 Å². The minimum absolute atomic E-state index is 0.333. The van der Waals surface area contributed by atoms with Crippen LogP contribution in [0, 0.1) is 0 Å². The number of hydrogen-bond acceptors (Lipinski definition) is 3. The average molecular weight is 254 g/mol. The van der Waals surface area contributed by atoms with Gasteiger partial charge in [0.1, 0.15) is 0 Å². The molecule has 1 aliphatic rings. The molecule has 7 heteroatoms. The number of nitrogens with one attached hydrogen (secondary N) is 2. The molecule has 1 heterocycles. The molecule has 0 aliphatic carbocycles. The molecular weight excluding hydrogens is 237 g/mol. The summed E-state index contributed by atoms with van der Waals surface area (Å²) >= 11 is 0. The van der Waals surface area contributed by atoms with Crippen LogP contribution >= 0.6 is 0 Å². The first-order valence-electron chi connectivity index (χ1n) is 5.49. The van der Waals surface area contributed by atoms with Crippen LogP contribution in [-0.2, 0) is 9.53 Å². The van der Waals surface area contributed by atoms with Gasteiger partial charge in [-0.05, 0) is 19.8 Å². The molecule has 100 valence electrons. The van der Waals surface area contributed by atoms with Gasteiger partial charge in [-0.15, -0.1) is 0 Å². The molecule has 0 aromatic carbocycles. The van der Waals surface area contributed by atoms with Crippen LogP contribution < -0.4 is 10.6 Å². The summed E-state index contributed by atoms with van der Waals surface area (Å²) in [5.74, 6) is -0.453. The Labute approximate surface area is 97.9 Å². The standard InChI is InChI=1S/C10H17F3N2O2/c1-9(3-2-4-17-9)6-15-8(16)5-14-7-10(11,12)13/h14H,2-7H2,1H3,(H,15,16). The molecule has 1 rings (SSSR count). The Morgan fingerprint density at radius 3 is 2.71 bits per heavy atom. The maximum absolute atomic E-state index is 11.8. The van der Waals surface area contributed by atoms with Crippen molar-refractivity contribution in [2.45, 2.75) is 31.5 Å². The largest absolute Gasteiger partial charge is 0.401 e. The molecule has 1 amide bonds. The molecule has 1 unspecified atom stereocenters. The number of rotatable bonds is 5. The van der Waals surface area contributed by atoms with Crippen molar-refractivity contribution in [3.05, 3.63) is 0 Å². The SMILES string of the molecule is CC1(CNC(=O)CNCC(F)(F)F)CCCO1. The molecule has 4 nitrogen and oxygen atoms in total. The molecule has 1 atom stereocenters. The number of carbonyl (C=O) groups excluding carboxylic acids is 1. The van der Waals surface area contributed by atoms with E-state index >= 15 is 0 Å². The predicted molar refractivity (Wildman–Crippen MR) is 55.5 cm³/mol. The fourth-order valence-electron chi connectivity index (χ4n) is 1.64. The highest BCUT2D eigenvalue weighted by Crippen LogP contribution is 2.23. The van der Waals surface area contributed by atoms with Crippen molar-refractivity contribution in [3.63, 3.8) is 0 Å². The maximum atomic E-state index is 11.8. The maximum Gasteiger partial charge on any atom is 0.401 e. The van der Waals surface area contributed by atoms with Gasteiger partial charge in [0, 0.05) is 13.2 Å². The second-order valence-corrected chi connectivity index (χ2v) is 4.40. The van der Waals surface area contributed by atoms with Crippen molar-refractivity contribution in [3.8, 4) is 0 Å². The van der Waals surface area contributed by atoms with Gasteiger partial charge in [-0.2, -0.15) is 13.2 Å². The van der Waals surface area contributed by atoms with Gasteiger partial charge in [-0.1, -0.05) is 0 Å². The number of alkyl halides is 3. The summed E-state index contributed by atoms with van der Waals surface area (Å²) in [6, 6.07) is 0. The third kappa shape index (κ3) is 5.88. The van der Waals surface area contributed by atoms with Crippen LogP contribution in [0.15, 0.2) is 0 Å². The number of ether oxygens (including phenoxy) is 1. The highest BCUT2D eigenvalue weighted by atomic mass is 19.4. The third-order valence-electron chi connectivity index (χ3n) is 2.57. The van der Waals surface area contributed by atoms with Crippen molar-refractivity contribution in [2.24, 2.45) is 0 Å². The summed E-state index contributed by atoms with van der Waals surface area (Å²) in [5, 5.41) is 4.59. The average Bonchev–Trinajstić information content (AvgIpc) is 2.61. The Morgan fingerprint density at radius 2 is 2.18 bits per heavy atom. The highest BCUT2D eigenvalue weighted by molar-refractivity contribution is 5.78. The Morgan fingerprint density at radius 1 is 1.47 bits per heavy atom. The van der Waals surface area contributed by atoms with Crippen LogP contribution in [0.2, 0.25) is 0 Å². The zero-order valence-corrected chi connectivity index (χ0v) is 9.69. The van der Waals surface area contributed by atoms with Crippen molar-refractivity contribution < 1.29 is 22.7 Å². The predicted octanol–water partition coefficient (Wildman–Crippen LogP) is 0.824. The second-order valence-electron chi connectivity index (χ2n) is 4.40. The Hall–Kier alpha value is -0.820. The van der Waals surface area contributed by atoms with Crippen molar-refractivity contribution >= 4 is 5.91 Å². The lowest BCUT2D eigenvalue weighted by Crippen LogP contribution is -2.44. The first kappa shape index (κ1) is 14.2. The van der Waals surface area contributed by atoms with E-state index < -0.39 is 18.6 Å². The van der Waals surface area contributed by atoms with E-state index in [0.717, 1.165) is 12.8 Å². The Bertz CT molecular complexity index is 263. The molecule has 1 aliphatic heterocycles. The van der Waals surface area contributed by atoms with Gasteiger partial charge in [0.25, 0.3) is 0 Å². The van der Waals surface area contributed by atoms with E-state index in [2.05, 4.69) is 5.32 Å². The van der Waals surface area contributed by atoms with E-state index in [-0.39, 0.29) is 12.1 Å². The van der Waals surface area contributed by atoms with Gasteiger partial charge < -0.3 is 15.4 Å². The number of amides is 1. The van der Waals surface area contributed by atoms with E-state index in [1.165, 1.54) is 0 Å². The third-order valence-corrected chi connectivity index (χ3v) is 2.57. The van der Waals surface area contributed by atoms with E-state index in [0.29, 0.717) is 13.2 Å². The lowest BCUT2D eigenvalue weighted by atomic mass is 10.0. The fourth-order valence-corrected chi connectivity index (χ4v) is 1.64. The fraction of sp³-hybridized carbons (Fsp3) is 0.900. The molecule has 17 heavy (non-hydrogen) atoms. The van der Waals surface area contributed by atoms with Crippen LogP contribution in [-0.4, -0.2) is 43.9 Å². The van der Waals surface area contributed by atoms with Crippen molar-refractivity contribution in [2.75, 3.05) is 26.2 Å². The van der Waals surface area contributed by atoms with Gasteiger partial charge in [0.2, 0.25) is 5.91 Å². The molecule has 0 saturated carbocycles. The van der Waals surface area contributed by atoms with Gasteiger partial charge in [0.15, 0.2) is 0 Å². The first-order valence-corrected chi connectivity index (χ1v) is 5.49. The van der Waals surface area contributed by atoms with Gasteiger partial charge in [-0.3, -0.25) is 4.79 Å². The van der Waals surface area contributed by atoms with Gasteiger partial charge in [-0.25, -0.2) is 0 Å². The van der Waals surface area contributed by atoms with Crippen LogP contribution in [0.1, 0.15) is 19.8 Å². The monoisotopic (exact) mass is 254 g/mol.